The highest BCUT2D eigenvalue weighted by atomic mass is 16.5. The molecule has 0 bridgehead atoms. The van der Waals surface area contributed by atoms with Gasteiger partial charge < -0.3 is 15.2 Å². The lowest BCUT2D eigenvalue weighted by molar-refractivity contribution is -0.158. The molecule has 3 rings (SSSR count). The van der Waals surface area contributed by atoms with Gasteiger partial charge in [-0.2, -0.15) is 0 Å². The van der Waals surface area contributed by atoms with Crippen molar-refractivity contribution in [1.29, 1.82) is 0 Å². The van der Waals surface area contributed by atoms with Crippen molar-refractivity contribution in [1.82, 2.24) is 20.7 Å². The Balaban J connectivity index is 1.77. The van der Waals surface area contributed by atoms with Gasteiger partial charge in [-0.3, -0.25) is 14.7 Å². The Morgan fingerprint density at radius 1 is 1.12 bits per heavy atom. The second-order valence-electron chi connectivity index (χ2n) is 8.72. The van der Waals surface area contributed by atoms with E-state index in [4.69, 9.17) is 4.74 Å². The standard InChI is InChI=1S/C26H32N4O4/c1-3-4-14-34-25(33)26(2,18-31)16-22(28-24(32)23-17-27-30-29-23)15-19-10-12-21(13-11-19)20-8-6-5-7-9-20/h5-13,17,22,31H,3-4,14-16,18H2,1-2H3,(H,28,32)(H,27,29,30)/t22-,26+/m1/s1. The Morgan fingerprint density at radius 3 is 2.44 bits per heavy atom. The van der Waals surface area contributed by atoms with Crippen molar-refractivity contribution in [2.24, 2.45) is 5.41 Å². The molecule has 3 aromatic rings. The number of carbonyl (C=O) groups excluding carboxylic acids is 2. The number of carbonyl (C=O) groups is 2. The lowest BCUT2D eigenvalue weighted by Crippen LogP contribution is -2.44. The third-order valence-corrected chi connectivity index (χ3v) is 5.81. The summed E-state index contributed by atoms with van der Waals surface area (Å²) < 4.78 is 5.39. The summed E-state index contributed by atoms with van der Waals surface area (Å²) in [6.07, 6.45) is 3.68. The smallest absolute Gasteiger partial charge is 0.314 e. The highest BCUT2D eigenvalue weighted by molar-refractivity contribution is 5.92. The molecule has 0 aliphatic heterocycles. The first-order valence-electron chi connectivity index (χ1n) is 11.5. The number of benzene rings is 2. The number of aromatic amines is 1. The summed E-state index contributed by atoms with van der Waals surface area (Å²) in [6, 6.07) is 17.7. The molecule has 2 aromatic carbocycles. The minimum atomic E-state index is -1.15. The van der Waals surface area contributed by atoms with Crippen LogP contribution in [-0.2, 0) is 16.0 Å². The number of hydrogen-bond acceptors (Lipinski definition) is 6. The van der Waals surface area contributed by atoms with E-state index < -0.39 is 17.4 Å². The summed E-state index contributed by atoms with van der Waals surface area (Å²) in [6.45, 7) is 3.60. The third kappa shape index (κ3) is 6.74. The van der Waals surface area contributed by atoms with Gasteiger partial charge in [0.1, 0.15) is 5.69 Å². The van der Waals surface area contributed by atoms with E-state index in [1.807, 2.05) is 61.5 Å². The molecule has 3 N–H and O–H groups in total. The quantitative estimate of drug-likeness (QED) is 0.279. The topological polar surface area (TPSA) is 117 Å². The van der Waals surface area contributed by atoms with E-state index >= 15 is 0 Å². The summed E-state index contributed by atoms with van der Waals surface area (Å²) in [5.74, 6) is -0.846. The second-order valence-corrected chi connectivity index (χ2v) is 8.72. The fraction of sp³-hybridized carbons (Fsp3) is 0.385. The van der Waals surface area contributed by atoms with Crippen LogP contribution in [-0.4, -0.2) is 51.6 Å². The van der Waals surface area contributed by atoms with Crippen LogP contribution in [0.3, 0.4) is 0 Å². The number of aliphatic hydroxyl groups excluding tert-OH is 1. The van der Waals surface area contributed by atoms with E-state index in [1.165, 1.54) is 6.20 Å². The van der Waals surface area contributed by atoms with Crippen LogP contribution in [0.4, 0.5) is 0 Å². The van der Waals surface area contributed by atoms with Crippen LogP contribution in [0.15, 0.2) is 60.8 Å². The molecule has 0 aliphatic carbocycles. The van der Waals surface area contributed by atoms with Gasteiger partial charge in [-0.15, -0.1) is 5.10 Å². The van der Waals surface area contributed by atoms with Gasteiger partial charge in [0.05, 0.1) is 24.8 Å². The molecule has 0 saturated heterocycles. The van der Waals surface area contributed by atoms with Gasteiger partial charge >= 0.3 is 5.97 Å². The van der Waals surface area contributed by atoms with Gasteiger partial charge in [-0.05, 0) is 42.9 Å². The minimum Gasteiger partial charge on any atom is -0.465 e. The van der Waals surface area contributed by atoms with E-state index in [2.05, 4.69) is 20.7 Å². The maximum atomic E-state index is 12.8. The molecule has 0 unspecified atom stereocenters. The van der Waals surface area contributed by atoms with Crippen molar-refractivity contribution in [2.45, 2.75) is 45.6 Å². The molecule has 0 radical (unpaired) electrons. The SMILES string of the molecule is CCCCOC(=O)[C@](C)(CO)C[C@@H](Cc1ccc(-c2ccccc2)cc1)NC(=O)c1cnn[nH]1. The van der Waals surface area contributed by atoms with Crippen LogP contribution in [0.2, 0.25) is 0 Å². The molecular weight excluding hydrogens is 432 g/mol. The van der Waals surface area contributed by atoms with E-state index in [0.29, 0.717) is 13.0 Å². The zero-order valence-electron chi connectivity index (χ0n) is 19.7. The van der Waals surface area contributed by atoms with Gasteiger partial charge in [0.25, 0.3) is 5.91 Å². The van der Waals surface area contributed by atoms with Crippen molar-refractivity contribution < 1.29 is 19.4 Å². The fourth-order valence-corrected chi connectivity index (χ4v) is 3.73. The maximum absolute atomic E-state index is 12.8. The summed E-state index contributed by atoms with van der Waals surface area (Å²) >= 11 is 0. The number of amides is 1. The molecule has 2 atom stereocenters. The normalized spacial score (nSPS) is 13.6. The summed E-state index contributed by atoms with van der Waals surface area (Å²) in [7, 11) is 0. The van der Waals surface area contributed by atoms with Crippen LogP contribution in [0.25, 0.3) is 11.1 Å². The number of unbranched alkanes of at least 4 members (excludes halogenated alkanes) is 1. The molecule has 1 aromatic heterocycles. The van der Waals surface area contributed by atoms with Crippen molar-refractivity contribution in [3.8, 4) is 11.1 Å². The van der Waals surface area contributed by atoms with Gasteiger partial charge in [0.15, 0.2) is 0 Å². The second kappa shape index (κ2) is 12.1. The zero-order valence-corrected chi connectivity index (χ0v) is 19.7. The van der Waals surface area contributed by atoms with Crippen LogP contribution < -0.4 is 5.32 Å². The lowest BCUT2D eigenvalue weighted by Gasteiger charge is -2.30. The monoisotopic (exact) mass is 464 g/mol. The highest BCUT2D eigenvalue weighted by Crippen LogP contribution is 2.27. The first-order valence-corrected chi connectivity index (χ1v) is 11.5. The summed E-state index contributed by atoms with van der Waals surface area (Å²) in [5.41, 5.74) is 2.27. The number of nitrogens with one attached hydrogen (secondary N) is 2. The predicted octanol–water partition coefficient (Wildman–Crippen LogP) is 3.54. The summed E-state index contributed by atoms with van der Waals surface area (Å²) in [4.78, 5) is 25.5. The van der Waals surface area contributed by atoms with Gasteiger partial charge in [0, 0.05) is 6.04 Å². The third-order valence-electron chi connectivity index (χ3n) is 5.81. The number of H-pyrrole nitrogens is 1. The molecule has 0 aliphatic rings. The molecule has 8 nitrogen and oxygen atoms in total. The minimum absolute atomic E-state index is 0.211. The van der Waals surface area contributed by atoms with Crippen LogP contribution in [0.5, 0.6) is 0 Å². The first kappa shape index (κ1) is 25.1. The van der Waals surface area contributed by atoms with Crippen molar-refractivity contribution in [3.05, 3.63) is 72.1 Å². The Labute approximate surface area is 199 Å². The van der Waals surface area contributed by atoms with Crippen molar-refractivity contribution in [3.63, 3.8) is 0 Å². The fourth-order valence-electron chi connectivity index (χ4n) is 3.73. The number of rotatable bonds is 12. The Bertz CT molecular complexity index is 1040. The van der Waals surface area contributed by atoms with Crippen LogP contribution in [0.1, 0.15) is 49.2 Å². The molecule has 0 spiro atoms. The number of nitrogens with zero attached hydrogens (tertiary/aromatic N) is 2. The molecule has 1 amide bonds. The number of esters is 1. The van der Waals surface area contributed by atoms with Crippen molar-refractivity contribution in [2.75, 3.05) is 13.2 Å². The molecular formula is C26H32N4O4. The number of ether oxygens (including phenoxy) is 1. The molecule has 1 heterocycles. The maximum Gasteiger partial charge on any atom is 0.314 e. The predicted molar refractivity (Wildman–Crippen MR) is 129 cm³/mol. The van der Waals surface area contributed by atoms with Gasteiger partial charge in [-0.25, -0.2) is 0 Å². The zero-order chi connectivity index (χ0) is 24.4. The number of aliphatic hydroxyl groups is 1. The molecule has 34 heavy (non-hydrogen) atoms. The van der Waals surface area contributed by atoms with Crippen LogP contribution in [0, 0.1) is 5.41 Å². The molecule has 0 fully saturated rings. The summed E-state index contributed by atoms with van der Waals surface area (Å²) in [5, 5.41) is 22.8. The number of hydrogen-bond donors (Lipinski definition) is 3. The van der Waals surface area contributed by atoms with E-state index in [9.17, 15) is 14.7 Å². The lowest BCUT2D eigenvalue weighted by atomic mass is 9.82. The van der Waals surface area contributed by atoms with E-state index in [-0.39, 0.29) is 24.6 Å². The van der Waals surface area contributed by atoms with Crippen LogP contribution >= 0.6 is 0 Å². The van der Waals surface area contributed by atoms with E-state index in [0.717, 1.165) is 29.5 Å². The molecule has 8 heteroatoms. The first-order chi connectivity index (χ1) is 16.4. The molecule has 0 saturated carbocycles. The largest absolute Gasteiger partial charge is 0.465 e. The molecule has 180 valence electrons. The van der Waals surface area contributed by atoms with E-state index in [1.54, 1.807) is 6.92 Å². The Morgan fingerprint density at radius 2 is 1.82 bits per heavy atom. The average Bonchev–Trinajstić information content (AvgIpc) is 3.40. The Kier molecular flexibility index (Phi) is 8.93. The average molecular weight is 465 g/mol. The number of aromatic nitrogens is 3. The van der Waals surface area contributed by atoms with Gasteiger partial charge in [-0.1, -0.05) is 73.2 Å². The Hall–Kier alpha value is -3.52. The van der Waals surface area contributed by atoms with Gasteiger partial charge in [0.2, 0.25) is 0 Å². The van der Waals surface area contributed by atoms with Crippen molar-refractivity contribution >= 4 is 11.9 Å². The highest BCUT2D eigenvalue weighted by Gasteiger charge is 2.37.